The van der Waals surface area contributed by atoms with Gasteiger partial charge in [-0.3, -0.25) is 10.00 Å². The molecule has 2 saturated heterocycles. The van der Waals surface area contributed by atoms with Gasteiger partial charge in [0, 0.05) is 59.2 Å². The molecular weight excluding hydrogens is 458 g/mol. The van der Waals surface area contributed by atoms with E-state index in [9.17, 15) is 0 Å². The van der Waals surface area contributed by atoms with Gasteiger partial charge in [-0.1, -0.05) is 6.07 Å². The molecule has 0 amide bonds. The van der Waals surface area contributed by atoms with Crippen LogP contribution in [-0.2, 0) is 0 Å². The molecule has 0 saturated carbocycles. The fraction of sp³-hybridized carbons (Fsp3) is 0.400. The molecule has 2 aliphatic heterocycles. The molecule has 6 rings (SSSR count). The van der Waals surface area contributed by atoms with Crippen molar-refractivity contribution in [2.75, 3.05) is 17.2 Å². The molecule has 5 heterocycles. The molecule has 0 spiro atoms. The highest BCUT2D eigenvalue weighted by Crippen LogP contribution is 2.37. The van der Waals surface area contributed by atoms with Crippen LogP contribution in [0.2, 0.25) is 0 Å². The van der Waals surface area contributed by atoms with Gasteiger partial charge in [0.2, 0.25) is 5.95 Å². The molecular formula is C25H27N9S. The number of H-pyrrole nitrogens is 1. The predicted octanol–water partition coefficient (Wildman–Crippen LogP) is 4.85. The van der Waals surface area contributed by atoms with Gasteiger partial charge in [-0.25, -0.2) is 9.97 Å². The molecule has 4 aromatic rings. The first kappa shape index (κ1) is 21.9. The molecule has 1 unspecified atom stereocenters. The smallest absolute Gasteiger partial charge is 0.225 e. The van der Waals surface area contributed by atoms with Gasteiger partial charge in [0.1, 0.15) is 5.82 Å². The third kappa shape index (κ3) is 4.45. The van der Waals surface area contributed by atoms with Crippen molar-refractivity contribution in [3.63, 3.8) is 0 Å². The summed E-state index contributed by atoms with van der Waals surface area (Å²) in [5.41, 5.74) is 5.67. The number of hydrogen-bond acceptors (Lipinski definition) is 9. The van der Waals surface area contributed by atoms with E-state index in [-0.39, 0.29) is 0 Å². The summed E-state index contributed by atoms with van der Waals surface area (Å²) in [6, 6.07) is 11.8. The highest BCUT2D eigenvalue weighted by Gasteiger charge is 2.40. The van der Waals surface area contributed by atoms with Crippen LogP contribution in [-0.4, -0.2) is 54.7 Å². The van der Waals surface area contributed by atoms with Crippen molar-refractivity contribution in [3.05, 3.63) is 40.8 Å². The maximum atomic E-state index is 9.01. The third-order valence-electron chi connectivity index (χ3n) is 7.08. The minimum absolute atomic E-state index is 0.311. The van der Waals surface area contributed by atoms with E-state index in [1.807, 2.05) is 29.9 Å². The summed E-state index contributed by atoms with van der Waals surface area (Å²) in [6.07, 6.45) is 5.10. The number of aromatic amines is 1. The number of thiazole rings is 1. The SMILES string of the molecule is Cc1cc(Nc2nc(NC3C[C@H]4CC[C@@H](C3)N4CCC#N)nc3cc(-c4cscn4)ccc23)n[nH]1. The Morgan fingerprint density at radius 3 is 2.77 bits per heavy atom. The molecule has 1 aromatic carbocycles. The first-order valence-electron chi connectivity index (χ1n) is 12.0. The Labute approximate surface area is 207 Å². The van der Waals surface area contributed by atoms with E-state index in [2.05, 4.69) is 48.9 Å². The van der Waals surface area contributed by atoms with E-state index < -0.39 is 0 Å². The van der Waals surface area contributed by atoms with Gasteiger partial charge in [0.15, 0.2) is 5.82 Å². The lowest BCUT2D eigenvalue weighted by molar-refractivity contribution is 0.135. The lowest BCUT2D eigenvalue weighted by Crippen LogP contribution is -2.47. The standard InChI is InChI=1S/C25H27N9S/c1-15-9-23(33-32-15)30-24-20-6-3-16(22-13-35-14-27-22)10-21(20)29-25(31-24)28-17-11-18-4-5-19(12-17)34(18)8-2-7-26/h3,6,9-10,13-14,17-19H,2,4-5,8,11-12H2,1H3,(H3,28,29,30,31,32,33)/t17?,18-,19+. The number of aromatic nitrogens is 5. The zero-order valence-electron chi connectivity index (χ0n) is 19.5. The summed E-state index contributed by atoms with van der Waals surface area (Å²) in [4.78, 5) is 16.8. The van der Waals surface area contributed by atoms with E-state index in [1.165, 1.54) is 12.8 Å². The molecule has 0 radical (unpaired) electrons. The van der Waals surface area contributed by atoms with Gasteiger partial charge < -0.3 is 10.6 Å². The van der Waals surface area contributed by atoms with Crippen molar-refractivity contribution in [3.8, 4) is 17.3 Å². The molecule has 9 nitrogen and oxygen atoms in total. The molecule has 3 atom stereocenters. The monoisotopic (exact) mass is 485 g/mol. The maximum Gasteiger partial charge on any atom is 0.225 e. The lowest BCUT2D eigenvalue weighted by Gasteiger charge is -2.38. The molecule has 0 aliphatic carbocycles. The number of piperidine rings is 1. The summed E-state index contributed by atoms with van der Waals surface area (Å²) in [6.45, 7) is 2.85. The van der Waals surface area contributed by atoms with Crippen LogP contribution in [0.4, 0.5) is 17.6 Å². The minimum Gasteiger partial charge on any atom is -0.351 e. The average molecular weight is 486 g/mol. The molecule has 178 valence electrons. The Morgan fingerprint density at radius 1 is 1.20 bits per heavy atom. The van der Waals surface area contributed by atoms with Crippen LogP contribution in [0.25, 0.3) is 22.2 Å². The second-order valence-electron chi connectivity index (χ2n) is 9.41. The van der Waals surface area contributed by atoms with Crippen LogP contribution in [0.5, 0.6) is 0 Å². The number of aryl methyl sites for hydroxylation is 1. The largest absolute Gasteiger partial charge is 0.351 e. The number of hydrogen-bond donors (Lipinski definition) is 3. The van der Waals surface area contributed by atoms with Gasteiger partial charge >= 0.3 is 0 Å². The van der Waals surface area contributed by atoms with E-state index in [0.717, 1.165) is 58.9 Å². The maximum absolute atomic E-state index is 9.01. The highest BCUT2D eigenvalue weighted by atomic mass is 32.1. The molecule has 2 bridgehead atoms. The Bertz CT molecular complexity index is 1360. The number of nitrogens with one attached hydrogen (secondary N) is 3. The normalized spacial score (nSPS) is 21.8. The van der Waals surface area contributed by atoms with Crippen LogP contribution in [0, 0.1) is 18.3 Å². The molecule has 2 fully saturated rings. The third-order valence-corrected chi connectivity index (χ3v) is 7.66. The summed E-state index contributed by atoms with van der Waals surface area (Å²) in [5, 5.41) is 26.3. The van der Waals surface area contributed by atoms with E-state index in [1.54, 1.807) is 11.3 Å². The quantitative estimate of drug-likeness (QED) is 0.340. The zero-order chi connectivity index (χ0) is 23.8. The molecule has 3 N–H and O–H groups in total. The number of nitrogens with zero attached hydrogens (tertiary/aromatic N) is 6. The number of fused-ring (bicyclic) bond motifs is 3. The van der Waals surface area contributed by atoms with Crippen molar-refractivity contribution >= 4 is 39.8 Å². The Kier molecular flexibility index (Phi) is 5.80. The summed E-state index contributed by atoms with van der Waals surface area (Å²) in [5.74, 6) is 2.07. The molecule has 2 aliphatic rings. The Hall–Kier alpha value is -3.55. The van der Waals surface area contributed by atoms with Crippen molar-refractivity contribution in [1.82, 2.24) is 30.0 Å². The van der Waals surface area contributed by atoms with Gasteiger partial charge in [-0.2, -0.15) is 15.3 Å². The molecule has 3 aromatic heterocycles. The second kappa shape index (κ2) is 9.24. The highest BCUT2D eigenvalue weighted by molar-refractivity contribution is 7.07. The minimum atomic E-state index is 0.311. The van der Waals surface area contributed by atoms with Crippen molar-refractivity contribution in [1.29, 1.82) is 5.26 Å². The number of rotatable bonds is 7. The molecule has 10 heteroatoms. The van der Waals surface area contributed by atoms with Crippen LogP contribution >= 0.6 is 11.3 Å². The summed E-state index contributed by atoms with van der Waals surface area (Å²) >= 11 is 1.58. The zero-order valence-corrected chi connectivity index (χ0v) is 20.3. The van der Waals surface area contributed by atoms with E-state index >= 15 is 0 Å². The van der Waals surface area contributed by atoms with Gasteiger partial charge in [-0.15, -0.1) is 11.3 Å². The predicted molar refractivity (Wildman–Crippen MR) is 138 cm³/mol. The van der Waals surface area contributed by atoms with Crippen molar-refractivity contribution in [2.24, 2.45) is 0 Å². The fourth-order valence-electron chi connectivity index (χ4n) is 5.53. The Morgan fingerprint density at radius 2 is 2.06 bits per heavy atom. The van der Waals surface area contributed by atoms with Gasteiger partial charge in [0.25, 0.3) is 0 Å². The van der Waals surface area contributed by atoms with Crippen LogP contribution in [0.15, 0.2) is 35.2 Å². The number of benzene rings is 1. The van der Waals surface area contributed by atoms with Crippen molar-refractivity contribution < 1.29 is 0 Å². The first-order valence-corrected chi connectivity index (χ1v) is 13.0. The van der Waals surface area contributed by atoms with Crippen molar-refractivity contribution in [2.45, 2.75) is 57.2 Å². The average Bonchev–Trinajstić information content (AvgIpc) is 3.58. The van der Waals surface area contributed by atoms with Gasteiger partial charge in [0.05, 0.1) is 22.8 Å². The topological polar surface area (TPSA) is 118 Å². The lowest BCUT2D eigenvalue weighted by atomic mass is 9.97. The summed E-state index contributed by atoms with van der Waals surface area (Å²) < 4.78 is 0. The second-order valence-corrected chi connectivity index (χ2v) is 10.1. The number of anilines is 3. The number of nitriles is 1. The summed E-state index contributed by atoms with van der Waals surface area (Å²) in [7, 11) is 0. The Balaban J connectivity index is 1.31. The van der Waals surface area contributed by atoms with Crippen LogP contribution < -0.4 is 10.6 Å². The van der Waals surface area contributed by atoms with Gasteiger partial charge in [-0.05, 0) is 44.7 Å². The van der Waals surface area contributed by atoms with Crippen LogP contribution in [0.1, 0.15) is 37.8 Å². The molecule has 35 heavy (non-hydrogen) atoms. The van der Waals surface area contributed by atoms with E-state index in [4.69, 9.17) is 15.2 Å². The first-order chi connectivity index (χ1) is 17.2. The fourth-order valence-corrected chi connectivity index (χ4v) is 6.09. The van der Waals surface area contributed by atoms with E-state index in [0.29, 0.717) is 30.5 Å². The van der Waals surface area contributed by atoms with Crippen LogP contribution in [0.3, 0.4) is 0 Å².